The fraction of sp³-hybridized carbons (Fsp3) is 0.333. The molecule has 7 heteroatoms. The van der Waals surface area contributed by atoms with Gasteiger partial charge in [0.2, 0.25) is 5.78 Å². The summed E-state index contributed by atoms with van der Waals surface area (Å²) in [5.41, 5.74) is -1.83. The van der Waals surface area contributed by atoms with Gasteiger partial charge in [0, 0.05) is 30.0 Å². The number of aliphatic carboxylic acids is 1. The number of piperidine rings is 1. The zero-order chi connectivity index (χ0) is 15.7. The van der Waals surface area contributed by atoms with Crippen LogP contribution in [0.25, 0.3) is 5.57 Å². The quantitative estimate of drug-likeness (QED) is 0.577. The first kappa shape index (κ1) is 13.3. The van der Waals surface area contributed by atoms with Gasteiger partial charge in [-0.15, -0.1) is 0 Å². The molecule has 1 fully saturated rings. The van der Waals surface area contributed by atoms with Gasteiger partial charge in [0.25, 0.3) is 0 Å². The number of carbonyl (C=O) groups excluding carboxylic acids is 1. The molecular weight excluding hydrogens is 290 g/mol. The number of phenols is 1. The molecule has 1 saturated heterocycles. The molecule has 3 unspecified atom stereocenters. The molecule has 4 N–H and O–H groups in total. The number of carboxylic acid groups (broad SMARTS) is 1. The molecule has 22 heavy (non-hydrogen) atoms. The third-order valence-electron chi connectivity index (χ3n) is 4.52. The van der Waals surface area contributed by atoms with Gasteiger partial charge in [0.1, 0.15) is 23.1 Å². The summed E-state index contributed by atoms with van der Waals surface area (Å²) >= 11 is 0. The first-order valence-corrected chi connectivity index (χ1v) is 6.85. The number of aliphatic hydroxyl groups is 1. The van der Waals surface area contributed by atoms with E-state index in [-0.39, 0.29) is 18.6 Å². The number of nitrogens with one attached hydrogen (secondary N) is 1. The van der Waals surface area contributed by atoms with Crippen molar-refractivity contribution in [2.45, 2.75) is 30.2 Å². The maximum atomic E-state index is 12.2. The van der Waals surface area contributed by atoms with E-state index in [9.17, 15) is 24.9 Å². The van der Waals surface area contributed by atoms with Crippen LogP contribution in [0.5, 0.6) is 11.5 Å². The van der Waals surface area contributed by atoms with Crippen molar-refractivity contribution in [3.63, 3.8) is 0 Å². The van der Waals surface area contributed by atoms with Gasteiger partial charge in [-0.2, -0.15) is 0 Å². The second kappa shape index (κ2) is 3.88. The number of hydrogen-bond acceptors (Lipinski definition) is 6. The maximum absolute atomic E-state index is 12.2. The van der Waals surface area contributed by atoms with Gasteiger partial charge in [-0.3, -0.25) is 14.9 Å². The van der Waals surface area contributed by atoms with Crippen LogP contribution in [0.15, 0.2) is 24.3 Å². The Hall–Kier alpha value is -2.38. The van der Waals surface area contributed by atoms with Crippen molar-refractivity contribution in [1.82, 2.24) is 5.32 Å². The molecule has 4 rings (SSSR count). The van der Waals surface area contributed by atoms with Crippen LogP contribution in [-0.2, 0) is 9.59 Å². The fourth-order valence-electron chi connectivity index (χ4n) is 3.58. The SMILES string of the molecule is O=C(O)C1CC23CC(O)(N1)C(=O)C=C2c1ccc(O)cc1O3. The number of phenolic OH excluding ortho intramolecular Hbond substituents is 1. The summed E-state index contributed by atoms with van der Waals surface area (Å²) in [5.74, 6) is -1.35. The molecule has 7 nitrogen and oxygen atoms in total. The van der Waals surface area contributed by atoms with Crippen LogP contribution in [0.1, 0.15) is 18.4 Å². The minimum absolute atomic E-state index is 0.0136. The first-order chi connectivity index (χ1) is 10.3. The minimum Gasteiger partial charge on any atom is -0.508 e. The van der Waals surface area contributed by atoms with Crippen molar-refractivity contribution in [1.29, 1.82) is 0 Å². The lowest BCUT2D eigenvalue weighted by molar-refractivity contribution is -0.160. The summed E-state index contributed by atoms with van der Waals surface area (Å²) in [7, 11) is 0. The minimum atomic E-state index is -1.95. The average molecular weight is 303 g/mol. The molecule has 3 atom stereocenters. The molecule has 1 aromatic carbocycles. The van der Waals surface area contributed by atoms with Crippen molar-refractivity contribution < 1.29 is 29.6 Å². The number of fused-ring (bicyclic) bond motifs is 3. The summed E-state index contributed by atoms with van der Waals surface area (Å²) in [5, 5.41) is 31.8. The van der Waals surface area contributed by atoms with Crippen molar-refractivity contribution in [2.24, 2.45) is 0 Å². The molecule has 0 saturated carbocycles. The van der Waals surface area contributed by atoms with Crippen molar-refractivity contribution in [2.75, 3.05) is 0 Å². The highest BCUT2D eigenvalue weighted by Gasteiger charge is 2.61. The zero-order valence-corrected chi connectivity index (χ0v) is 11.4. The van der Waals surface area contributed by atoms with Crippen LogP contribution in [0.3, 0.4) is 0 Å². The van der Waals surface area contributed by atoms with Gasteiger partial charge in [0.05, 0.1) is 0 Å². The van der Waals surface area contributed by atoms with E-state index in [0.29, 0.717) is 16.9 Å². The third-order valence-corrected chi connectivity index (χ3v) is 4.52. The Kier molecular flexibility index (Phi) is 2.34. The number of rotatable bonds is 1. The summed E-state index contributed by atoms with van der Waals surface area (Å²) < 4.78 is 5.90. The molecule has 2 bridgehead atoms. The zero-order valence-electron chi connectivity index (χ0n) is 11.4. The van der Waals surface area contributed by atoms with E-state index in [0.717, 1.165) is 0 Å². The van der Waals surface area contributed by atoms with Crippen molar-refractivity contribution >= 4 is 17.3 Å². The first-order valence-electron chi connectivity index (χ1n) is 6.85. The van der Waals surface area contributed by atoms with Gasteiger partial charge >= 0.3 is 5.97 Å². The number of hydrogen-bond donors (Lipinski definition) is 4. The van der Waals surface area contributed by atoms with E-state index in [2.05, 4.69) is 5.32 Å². The summed E-state index contributed by atoms with van der Waals surface area (Å²) in [6.07, 6.45) is 1.32. The van der Waals surface area contributed by atoms with Crippen molar-refractivity contribution in [3.05, 3.63) is 29.8 Å². The maximum Gasteiger partial charge on any atom is 0.320 e. The number of carboxylic acids is 1. The molecule has 0 amide bonds. The van der Waals surface area contributed by atoms with E-state index < -0.39 is 29.1 Å². The summed E-state index contributed by atoms with van der Waals surface area (Å²) in [4.78, 5) is 23.6. The molecule has 1 aliphatic carbocycles. The van der Waals surface area contributed by atoms with Gasteiger partial charge < -0.3 is 20.1 Å². The van der Waals surface area contributed by atoms with Gasteiger partial charge in [0.15, 0.2) is 5.72 Å². The Morgan fingerprint density at radius 3 is 2.91 bits per heavy atom. The lowest BCUT2D eigenvalue weighted by atomic mass is 9.70. The highest BCUT2D eigenvalue weighted by atomic mass is 16.5. The number of aromatic hydroxyl groups is 1. The van der Waals surface area contributed by atoms with Crippen LogP contribution in [0.4, 0.5) is 0 Å². The molecule has 0 radical (unpaired) electrons. The highest BCUT2D eigenvalue weighted by molar-refractivity contribution is 6.07. The molecule has 0 aromatic heterocycles. The van der Waals surface area contributed by atoms with Crippen LogP contribution in [-0.4, -0.2) is 44.4 Å². The van der Waals surface area contributed by atoms with E-state index in [1.165, 1.54) is 18.2 Å². The van der Waals surface area contributed by atoms with Crippen LogP contribution >= 0.6 is 0 Å². The van der Waals surface area contributed by atoms with Crippen LogP contribution in [0, 0.1) is 0 Å². The Labute approximate surface area is 124 Å². The van der Waals surface area contributed by atoms with Crippen LogP contribution in [0.2, 0.25) is 0 Å². The van der Waals surface area contributed by atoms with Gasteiger partial charge in [-0.05, 0) is 18.2 Å². The highest BCUT2D eigenvalue weighted by Crippen LogP contribution is 2.54. The third kappa shape index (κ3) is 1.57. The predicted octanol–water partition coefficient (Wildman–Crippen LogP) is 0.0147. The number of ketones is 1. The van der Waals surface area contributed by atoms with E-state index in [4.69, 9.17) is 4.74 Å². The molecule has 3 aliphatic rings. The standard InChI is InChI=1S/C15H13NO6/c17-7-1-2-8-9-4-12(18)15(21)6-14(9,22-11(8)3-7)5-10(16-15)13(19)20/h1-4,10,16-17,21H,5-6H2,(H,19,20). The molecule has 1 spiro atoms. The smallest absolute Gasteiger partial charge is 0.320 e. The second-order valence-electron chi connectivity index (χ2n) is 5.98. The van der Waals surface area contributed by atoms with E-state index >= 15 is 0 Å². The molecule has 2 heterocycles. The Bertz CT molecular complexity index is 756. The van der Waals surface area contributed by atoms with Gasteiger partial charge in [-0.25, -0.2) is 0 Å². The number of benzene rings is 1. The average Bonchev–Trinajstić information content (AvgIpc) is 2.70. The van der Waals surface area contributed by atoms with E-state index in [1.54, 1.807) is 6.07 Å². The topological polar surface area (TPSA) is 116 Å². The molecule has 114 valence electrons. The monoisotopic (exact) mass is 303 g/mol. The van der Waals surface area contributed by atoms with Crippen LogP contribution < -0.4 is 10.1 Å². The summed E-state index contributed by atoms with van der Waals surface area (Å²) in [6, 6.07) is 3.42. The number of ether oxygens (including phenoxy) is 1. The fourth-order valence-corrected chi connectivity index (χ4v) is 3.58. The Balaban J connectivity index is 1.89. The molecule has 1 aromatic rings. The lowest BCUT2D eigenvalue weighted by Gasteiger charge is -2.47. The molecular formula is C15H13NO6. The Morgan fingerprint density at radius 1 is 1.41 bits per heavy atom. The largest absolute Gasteiger partial charge is 0.508 e. The predicted molar refractivity (Wildman–Crippen MR) is 73.2 cm³/mol. The lowest BCUT2D eigenvalue weighted by Crippen LogP contribution is -2.69. The van der Waals surface area contributed by atoms with E-state index in [1.807, 2.05) is 0 Å². The summed E-state index contributed by atoms with van der Waals surface area (Å²) in [6.45, 7) is 0. The second-order valence-corrected chi connectivity index (χ2v) is 5.98. The Morgan fingerprint density at radius 2 is 2.18 bits per heavy atom. The van der Waals surface area contributed by atoms with Crippen molar-refractivity contribution in [3.8, 4) is 11.5 Å². The normalized spacial score (nSPS) is 35.2. The van der Waals surface area contributed by atoms with Gasteiger partial charge in [-0.1, -0.05) is 0 Å². The molecule has 2 aliphatic heterocycles. The number of carbonyl (C=O) groups is 2.